The first-order valence-electron chi connectivity index (χ1n) is 13.0. The summed E-state index contributed by atoms with van der Waals surface area (Å²) in [5.74, 6) is -3.11. The van der Waals surface area contributed by atoms with Crippen molar-refractivity contribution in [1.82, 2.24) is 5.32 Å². The molecule has 0 spiro atoms. The van der Waals surface area contributed by atoms with Crippen molar-refractivity contribution in [1.29, 1.82) is 0 Å². The van der Waals surface area contributed by atoms with Gasteiger partial charge in [-0.25, -0.2) is 14.0 Å². The number of carbonyl (C=O) groups excluding carboxylic acids is 2. The van der Waals surface area contributed by atoms with E-state index in [2.05, 4.69) is 62.6 Å². The van der Waals surface area contributed by atoms with Crippen molar-refractivity contribution < 1.29 is 23.5 Å². The highest BCUT2D eigenvalue weighted by molar-refractivity contribution is 6.16. The van der Waals surface area contributed by atoms with Crippen LogP contribution in [0.5, 0.6) is 0 Å². The fourth-order valence-corrected chi connectivity index (χ4v) is 4.20. The van der Waals surface area contributed by atoms with Crippen LogP contribution in [0.25, 0.3) is 0 Å². The lowest BCUT2D eigenvalue weighted by Crippen LogP contribution is -2.45. The largest absolute Gasteiger partial charge is 0.419 e. The number of rotatable bonds is 10. The van der Waals surface area contributed by atoms with E-state index in [-0.39, 0.29) is 28.7 Å². The van der Waals surface area contributed by atoms with Gasteiger partial charge in [0.05, 0.1) is 0 Å². The van der Waals surface area contributed by atoms with Gasteiger partial charge in [0, 0.05) is 25.6 Å². The molecule has 1 aliphatic heterocycles. The summed E-state index contributed by atoms with van der Waals surface area (Å²) in [4.78, 5) is 25.8. The first-order valence-corrected chi connectivity index (χ1v) is 13.0. The number of nitrogens with one attached hydrogen (secondary N) is 2. The minimum atomic E-state index is -1.35. The van der Waals surface area contributed by atoms with Crippen molar-refractivity contribution in [2.45, 2.75) is 90.9 Å². The lowest BCUT2D eigenvalue weighted by molar-refractivity contribution is -0.222. The Hall–Kier alpha value is -3.35. The highest BCUT2D eigenvalue weighted by Gasteiger charge is 2.41. The monoisotopic (exact) mass is 510 g/mol. The number of halogens is 1. The van der Waals surface area contributed by atoms with Crippen LogP contribution < -0.4 is 10.6 Å². The number of hydrogen-bond acceptors (Lipinski definition) is 6. The molecule has 1 saturated heterocycles. The normalized spacial score (nSPS) is 16.0. The van der Waals surface area contributed by atoms with Crippen LogP contribution in [0.4, 0.5) is 10.1 Å². The molecule has 200 valence electrons. The van der Waals surface area contributed by atoms with Crippen LogP contribution in [-0.2, 0) is 30.9 Å². The van der Waals surface area contributed by atoms with Gasteiger partial charge in [0.2, 0.25) is 0 Å². The van der Waals surface area contributed by atoms with E-state index in [1.54, 1.807) is 0 Å². The van der Waals surface area contributed by atoms with Gasteiger partial charge in [0.1, 0.15) is 11.6 Å². The van der Waals surface area contributed by atoms with E-state index in [0.717, 1.165) is 31.2 Å². The van der Waals surface area contributed by atoms with Crippen molar-refractivity contribution in [3.05, 3.63) is 76.9 Å². The third-order valence-corrected chi connectivity index (χ3v) is 6.26. The number of benzene rings is 2. The zero-order chi connectivity index (χ0) is 27.2. The van der Waals surface area contributed by atoms with Gasteiger partial charge in [-0.3, -0.25) is 0 Å². The number of anilines is 1. The molecule has 0 bridgehead atoms. The van der Waals surface area contributed by atoms with Crippen molar-refractivity contribution in [3.63, 3.8) is 0 Å². The molecule has 0 amide bonds. The Bertz CT molecular complexity index is 1090. The average Bonchev–Trinajstić information content (AvgIpc) is 2.79. The predicted molar refractivity (Wildman–Crippen MR) is 143 cm³/mol. The third kappa shape index (κ3) is 8.07. The fraction of sp³-hybridized carbons (Fsp3) is 0.467. The second-order valence-electron chi connectivity index (χ2n) is 11.0. The van der Waals surface area contributed by atoms with Crippen molar-refractivity contribution >= 4 is 17.6 Å². The molecule has 0 aromatic heterocycles. The Morgan fingerprint density at radius 1 is 0.946 bits per heavy atom. The summed E-state index contributed by atoms with van der Waals surface area (Å²) in [6, 6.07) is 14.2. The Balaban J connectivity index is 1.94. The molecule has 7 heteroatoms. The van der Waals surface area contributed by atoms with Crippen LogP contribution >= 0.6 is 0 Å². The molecule has 0 saturated carbocycles. The minimum absolute atomic E-state index is 0.0590. The molecule has 37 heavy (non-hydrogen) atoms. The molecule has 1 aliphatic rings. The van der Waals surface area contributed by atoms with E-state index in [0.29, 0.717) is 12.1 Å². The van der Waals surface area contributed by atoms with E-state index in [4.69, 9.17) is 9.47 Å². The zero-order valence-corrected chi connectivity index (χ0v) is 22.7. The van der Waals surface area contributed by atoms with Gasteiger partial charge < -0.3 is 20.1 Å². The number of unbranched alkanes of at least 4 members (excludes halogenated alkanes) is 2. The first-order chi connectivity index (χ1) is 17.4. The highest BCUT2D eigenvalue weighted by Crippen LogP contribution is 2.26. The van der Waals surface area contributed by atoms with Gasteiger partial charge in [-0.1, -0.05) is 71.2 Å². The molecular formula is C30H39FN2O4. The topological polar surface area (TPSA) is 76.7 Å². The molecule has 2 aromatic rings. The summed E-state index contributed by atoms with van der Waals surface area (Å²) >= 11 is 0. The number of hydrogen-bond donors (Lipinski definition) is 2. The van der Waals surface area contributed by atoms with E-state index >= 15 is 0 Å². The zero-order valence-electron chi connectivity index (χ0n) is 22.7. The van der Waals surface area contributed by atoms with Crippen molar-refractivity contribution in [3.8, 4) is 0 Å². The van der Waals surface area contributed by atoms with E-state index in [1.807, 2.05) is 0 Å². The maximum Gasteiger partial charge on any atom is 0.352 e. The predicted octanol–water partition coefficient (Wildman–Crippen LogP) is 6.36. The summed E-state index contributed by atoms with van der Waals surface area (Å²) in [5.41, 5.74) is 2.73. The Morgan fingerprint density at radius 2 is 1.54 bits per heavy atom. The molecule has 2 N–H and O–H groups in total. The van der Waals surface area contributed by atoms with E-state index in [9.17, 15) is 14.0 Å². The number of cyclic esters (lactones) is 2. The summed E-state index contributed by atoms with van der Waals surface area (Å²) in [5, 5.41) is 6.50. The van der Waals surface area contributed by atoms with Gasteiger partial charge in [0.15, 0.2) is 5.57 Å². The second kappa shape index (κ2) is 11.8. The summed E-state index contributed by atoms with van der Waals surface area (Å²) < 4.78 is 24.2. The molecule has 1 fully saturated rings. The van der Waals surface area contributed by atoms with Crippen molar-refractivity contribution in [2.24, 2.45) is 0 Å². The molecule has 0 radical (unpaired) electrons. The summed E-state index contributed by atoms with van der Waals surface area (Å²) in [7, 11) is 0. The smallest absolute Gasteiger partial charge is 0.352 e. The third-order valence-electron chi connectivity index (χ3n) is 6.26. The van der Waals surface area contributed by atoms with Crippen LogP contribution in [-0.4, -0.2) is 23.8 Å². The van der Waals surface area contributed by atoms with Gasteiger partial charge in [-0.2, -0.15) is 0 Å². The lowest BCUT2D eigenvalue weighted by atomic mass is 9.86. The molecule has 2 aromatic carbocycles. The molecule has 6 nitrogen and oxygen atoms in total. The minimum Gasteiger partial charge on any atom is -0.419 e. The quantitative estimate of drug-likeness (QED) is 0.168. The van der Waals surface area contributed by atoms with E-state index in [1.165, 1.54) is 43.7 Å². The van der Waals surface area contributed by atoms with Gasteiger partial charge in [0.25, 0.3) is 5.79 Å². The highest BCUT2D eigenvalue weighted by atomic mass is 19.1. The molecule has 1 unspecified atom stereocenters. The van der Waals surface area contributed by atoms with Crippen LogP contribution in [0, 0.1) is 5.82 Å². The van der Waals surface area contributed by atoms with Gasteiger partial charge >= 0.3 is 11.9 Å². The van der Waals surface area contributed by atoms with Crippen LogP contribution in [0.2, 0.25) is 0 Å². The number of esters is 2. The summed E-state index contributed by atoms with van der Waals surface area (Å²) in [6.07, 6.45) is 4.63. The Morgan fingerprint density at radius 3 is 2.08 bits per heavy atom. The molecule has 3 rings (SSSR count). The van der Waals surface area contributed by atoms with Gasteiger partial charge in [-0.05, 0) is 53.6 Å². The lowest BCUT2D eigenvalue weighted by Gasteiger charge is -2.32. The summed E-state index contributed by atoms with van der Waals surface area (Å²) in [6.45, 7) is 11.7. The van der Waals surface area contributed by atoms with Crippen LogP contribution in [0.3, 0.4) is 0 Å². The Kier molecular flexibility index (Phi) is 9.00. The maximum absolute atomic E-state index is 13.5. The van der Waals surface area contributed by atoms with Gasteiger partial charge in [-0.15, -0.1) is 0 Å². The SMILES string of the molecule is CCCCCC(Cc1ccc(C(C)(C)C)cc1)NC(Nc1ccc(F)cc1)=C1C(=O)OC(C)(C)OC1=O. The van der Waals surface area contributed by atoms with E-state index < -0.39 is 17.7 Å². The second-order valence-corrected chi connectivity index (χ2v) is 11.0. The van der Waals surface area contributed by atoms with Crippen LogP contribution in [0.15, 0.2) is 59.9 Å². The fourth-order valence-electron chi connectivity index (χ4n) is 4.20. The maximum atomic E-state index is 13.5. The molecule has 0 aliphatic carbocycles. The van der Waals surface area contributed by atoms with Crippen molar-refractivity contribution in [2.75, 3.05) is 5.32 Å². The number of carbonyl (C=O) groups is 2. The molecular weight excluding hydrogens is 471 g/mol. The first kappa shape index (κ1) is 28.2. The number of ether oxygens (including phenoxy) is 2. The van der Waals surface area contributed by atoms with Crippen LogP contribution in [0.1, 0.15) is 78.4 Å². The molecule has 1 atom stereocenters. The standard InChI is InChI=1S/C30H39FN2O4/c1-7-8-9-10-24(19-20-11-13-21(14-12-20)29(2,3)4)33-26(32-23-17-15-22(31)16-18-23)25-27(34)36-30(5,6)37-28(25)35/h11-18,24,32-33H,7-10,19H2,1-6H3. The Labute approximate surface area is 219 Å². The average molecular weight is 511 g/mol. The molecule has 1 heterocycles.